The summed E-state index contributed by atoms with van der Waals surface area (Å²) in [4.78, 5) is 35.9. The number of para-hydroxylation sites is 1. The van der Waals surface area contributed by atoms with E-state index >= 15 is 0 Å². The molecule has 2 amide bonds. The molecule has 0 spiro atoms. The lowest BCUT2D eigenvalue weighted by Gasteiger charge is -2.15. The van der Waals surface area contributed by atoms with E-state index in [-0.39, 0.29) is 29.6 Å². The minimum Gasteiger partial charge on any atom is -0.493 e. The Morgan fingerprint density at radius 3 is 2.24 bits per heavy atom. The molecule has 1 heterocycles. The quantitative estimate of drug-likeness (QED) is 0.354. The molecule has 178 valence electrons. The predicted molar refractivity (Wildman–Crippen MR) is 117 cm³/mol. The molecule has 2 N–H and O–H groups in total. The van der Waals surface area contributed by atoms with Crippen molar-refractivity contribution in [2.45, 2.75) is 6.61 Å². The first kappa shape index (κ1) is 23.9. The summed E-state index contributed by atoms with van der Waals surface area (Å²) in [6.07, 6.45) is 0. The highest BCUT2D eigenvalue weighted by atomic mass is 16.6. The minimum atomic E-state index is -0.988. The summed E-state index contributed by atoms with van der Waals surface area (Å²) in [7, 11) is 3.75. The standard InChI is InChI=1S/C22H21N3O9/c1-30-17-11-15(18(25(28)29)20(32-3)19(17)31-2)21(26)23-24-22(27)16-10-9-14(34-16)12-33-13-7-5-4-6-8-13/h4-11H,12H2,1-3H3,(H,23,26)(H,24,27). The van der Waals surface area contributed by atoms with Crippen LogP contribution >= 0.6 is 0 Å². The second-order valence-electron chi connectivity index (χ2n) is 6.57. The number of hydrogen-bond donors (Lipinski definition) is 2. The molecule has 0 bridgehead atoms. The van der Waals surface area contributed by atoms with Gasteiger partial charge in [0.05, 0.1) is 26.3 Å². The summed E-state index contributed by atoms with van der Waals surface area (Å²) in [5.74, 6) is -1.21. The molecule has 3 rings (SSSR count). The van der Waals surface area contributed by atoms with Crippen molar-refractivity contribution in [2.75, 3.05) is 21.3 Å². The average Bonchev–Trinajstić information content (AvgIpc) is 3.34. The number of rotatable bonds is 9. The van der Waals surface area contributed by atoms with Crippen LogP contribution in [0.4, 0.5) is 5.69 Å². The smallest absolute Gasteiger partial charge is 0.327 e. The number of amides is 2. The van der Waals surface area contributed by atoms with E-state index in [2.05, 4.69) is 10.9 Å². The minimum absolute atomic E-state index is 0.0236. The fourth-order valence-electron chi connectivity index (χ4n) is 2.99. The Morgan fingerprint density at radius 2 is 1.62 bits per heavy atom. The maximum atomic E-state index is 12.7. The maximum absolute atomic E-state index is 12.7. The number of carbonyl (C=O) groups is 2. The van der Waals surface area contributed by atoms with Gasteiger partial charge < -0.3 is 23.4 Å². The molecule has 2 aromatic carbocycles. The normalized spacial score (nSPS) is 10.2. The van der Waals surface area contributed by atoms with Crippen molar-refractivity contribution in [2.24, 2.45) is 0 Å². The number of hydrazine groups is 1. The number of nitro benzene ring substituents is 1. The molecule has 0 radical (unpaired) electrons. The number of nitrogens with one attached hydrogen (secondary N) is 2. The van der Waals surface area contributed by atoms with Crippen LogP contribution in [0, 0.1) is 10.1 Å². The van der Waals surface area contributed by atoms with Gasteiger partial charge in [-0.1, -0.05) is 18.2 Å². The van der Waals surface area contributed by atoms with Gasteiger partial charge in [0.15, 0.2) is 11.5 Å². The number of hydrogen-bond acceptors (Lipinski definition) is 9. The van der Waals surface area contributed by atoms with E-state index in [9.17, 15) is 19.7 Å². The van der Waals surface area contributed by atoms with Crippen LogP contribution < -0.4 is 29.8 Å². The number of benzene rings is 2. The van der Waals surface area contributed by atoms with Gasteiger partial charge in [0.1, 0.15) is 23.7 Å². The van der Waals surface area contributed by atoms with Crippen LogP contribution in [-0.4, -0.2) is 38.1 Å². The van der Waals surface area contributed by atoms with Gasteiger partial charge in [-0.05, 0) is 24.3 Å². The van der Waals surface area contributed by atoms with Crippen molar-refractivity contribution in [3.8, 4) is 23.0 Å². The maximum Gasteiger partial charge on any atom is 0.327 e. The van der Waals surface area contributed by atoms with Gasteiger partial charge in [-0.15, -0.1) is 0 Å². The molecular weight excluding hydrogens is 450 g/mol. The Morgan fingerprint density at radius 1 is 0.941 bits per heavy atom. The summed E-state index contributed by atoms with van der Waals surface area (Å²) in [6.45, 7) is 0.0846. The predicted octanol–water partition coefficient (Wildman–Crippen LogP) is 2.87. The molecular formula is C22H21N3O9. The lowest BCUT2D eigenvalue weighted by Crippen LogP contribution is -2.41. The van der Waals surface area contributed by atoms with Crippen molar-refractivity contribution in [1.82, 2.24) is 10.9 Å². The van der Waals surface area contributed by atoms with Gasteiger partial charge in [0.25, 0.3) is 5.91 Å². The van der Waals surface area contributed by atoms with Gasteiger partial charge in [-0.3, -0.25) is 30.6 Å². The van der Waals surface area contributed by atoms with E-state index in [0.29, 0.717) is 11.5 Å². The van der Waals surface area contributed by atoms with Crippen LogP contribution in [0.1, 0.15) is 26.7 Å². The molecule has 0 aliphatic rings. The number of nitrogens with zero attached hydrogens (tertiary/aromatic N) is 1. The third kappa shape index (κ3) is 5.18. The summed E-state index contributed by atoms with van der Waals surface area (Å²) in [5, 5.41) is 11.6. The van der Waals surface area contributed by atoms with E-state index in [1.54, 1.807) is 18.2 Å². The molecule has 0 aliphatic heterocycles. The molecule has 1 aromatic heterocycles. The third-order valence-electron chi connectivity index (χ3n) is 4.53. The second-order valence-corrected chi connectivity index (χ2v) is 6.57. The molecule has 0 saturated heterocycles. The zero-order valence-corrected chi connectivity index (χ0v) is 18.4. The second kappa shape index (κ2) is 10.7. The molecule has 12 heteroatoms. The monoisotopic (exact) mass is 471 g/mol. The lowest BCUT2D eigenvalue weighted by molar-refractivity contribution is -0.386. The van der Waals surface area contributed by atoms with Gasteiger partial charge in [-0.2, -0.15) is 0 Å². The fraction of sp³-hybridized carbons (Fsp3) is 0.182. The molecule has 0 atom stereocenters. The van der Waals surface area contributed by atoms with Crippen LogP contribution in [0.5, 0.6) is 23.0 Å². The highest BCUT2D eigenvalue weighted by Crippen LogP contribution is 2.46. The van der Waals surface area contributed by atoms with Crippen molar-refractivity contribution in [3.05, 3.63) is 75.7 Å². The number of ether oxygens (including phenoxy) is 4. The van der Waals surface area contributed by atoms with Crippen LogP contribution in [0.3, 0.4) is 0 Å². The molecule has 0 fully saturated rings. The molecule has 3 aromatic rings. The first-order valence-corrected chi connectivity index (χ1v) is 9.74. The molecule has 12 nitrogen and oxygen atoms in total. The number of furan rings is 1. The average molecular weight is 471 g/mol. The van der Waals surface area contributed by atoms with E-state index in [1.807, 2.05) is 18.2 Å². The molecule has 34 heavy (non-hydrogen) atoms. The summed E-state index contributed by atoms with van der Waals surface area (Å²) >= 11 is 0. The Kier molecular flexibility index (Phi) is 7.54. The highest BCUT2D eigenvalue weighted by molar-refractivity contribution is 6.02. The Hall–Kier alpha value is -4.74. The zero-order valence-electron chi connectivity index (χ0n) is 18.4. The van der Waals surface area contributed by atoms with Crippen LogP contribution in [0.25, 0.3) is 0 Å². The largest absolute Gasteiger partial charge is 0.493 e. The number of nitro groups is 1. The highest BCUT2D eigenvalue weighted by Gasteiger charge is 2.32. The van der Waals surface area contributed by atoms with E-state index in [1.165, 1.54) is 27.4 Å². The van der Waals surface area contributed by atoms with Gasteiger partial charge >= 0.3 is 11.6 Å². The van der Waals surface area contributed by atoms with Gasteiger partial charge in [0.2, 0.25) is 11.5 Å². The molecule has 0 saturated carbocycles. The SMILES string of the molecule is COc1cc(C(=O)NNC(=O)c2ccc(COc3ccccc3)o2)c([N+](=O)[O-])c(OC)c1OC. The zero-order chi connectivity index (χ0) is 24.7. The summed E-state index contributed by atoms with van der Waals surface area (Å²) < 4.78 is 26.3. The number of carbonyl (C=O) groups excluding carboxylic acids is 2. The Labute approximate surface area is 193 Å². The molecule has 0 unspecified atom stereocenters. The van der Waals surface area contributed by atoms with Gasteiger partial charge in [0, 0.05) is 6.07 Å². The third-order valence-corrected chi connectivity index (χ3v) is 4.53. The topological polar surface area (TPSA) is 151 Å². The first-order chi connectivity index (χ1) is 16.4. The van der Waals surface area contributed by atoms with E-state index < -0.39 is 28.0 Å². The summed E-state index contributed by atoms with van der Waals surface area (Å²) in [5.41, 5.74) is 3.18. The Bertz CT molecular complexity index is 1190. The van der Waals surface area contributed by atoms with Gasteiger partial charge in [-0.25, -0.2) is 0 Å². The van der Waals surface area contributed by atoms with Crippen molar-refractivity contribution < 1.29 is 37.9 Å². The Balaban J connectivity index is 1.71. The summed E-state index contributed by atoms with van der Waals surface area (Å²) in [6, 6.07) is 13.1. The van der Waals surface area contributed by atoms with Crippen LogP contribution in [0.15, 0.2) is 52.9 Å². The van der Waals surface area contributed by atoms with Crippen LogP contribution in [0.2, 0.25) is 0 Å². The number of methoxy groups -OCH3 is 3. The van der Waals surface area contributed by atoms with E-state index in [0.717, 1.165) is 6.07 Å². The van der Waals surface area contributed by atoms with Crippen LogP contribution in [-0.2, 0) is 6.61 Å². The fourth-order valence-corrected chi connectivity index (χ4v) is 2.99. The van der Waals surface area contributed by atoms with E-state index in [4.69, 9.17) is 23.4 Å². The lowest BCUT2D eigenvalue weighted by atomic mass is 10.1. The van der Waals surface area contributed by atoms with Crippen molar-refractivity contribution in [3.63, 3.8) is 0 Å². The van der Waals surface area contributed by atoms with Crippen molar-refractivity contribution >= 4 is 17.5 Å². The van der Waals surface area contributed by atoms with Crippen molar-refractivity contribution in [1.29, 1.82) is 0 Å². The first-order valence-electron chi connectivity index (χ1n) is 9.74. The molecule has 0 aliphatic carbocycles.